The van der Waals surface area contributed by atoms with Crippen LogP contribution >= 0.6 is 11.6 Å². The maximum absolute atomic E-state index is 13.0. The van der Waals surface area contributed by atoms with Crippen molar-refractivity contribution in [2.24, 2.45) is 0 Å². The number of carbonyl (C=O) groups excluding carboxylic acids is 1. The molecule has 14 heavy (non-hydrogen) atoms. The van der Waals surface area contributed by atoms with Crippen LogP contribution in [0.1, 0.15) is 12.5 Å². The van der Waals surface area contributed by atoms with Gasteiger partial charge in [0, 0.05) is 6.42 Å². The van der Waals surface area contributed by atoms with Gasteiger partial charge in [-0.25, -0.2) is 4.39 Å². The Morgan fingerprint density at radius 2 is 2.21 bits per heavy atom. The first-order valence-corrected chi connectivity index (χ1v) is 4.51. The molecule has 0 amide bonds. The Kier molecular flexibility index (Phi) is 3.42. The third kappa shape index (κ3) is 2.67. The third-order valence-electron chi connectivity index (χ3n) is 1.82. The lowest BCUT2D eigenvalue weighted by atomic mass is 10.1. The van der Waals surface area contributed by atoms with Gasteiger partial charge >= 0.3 is 0 Å². The highest BCUT2D eigenvalue weighted by molar-refractivity contribution is 6.30. The molecule has 3 heteroatoms. The molecule has 0 aromatic heterocycles. The summed E-state index contributed by atoms with van der Waals surface area (Å²) in [4.78, 5) is 11.3. The monoisotopic (exact) mass is 212 g/mol. The molecule has 1 aromatic carbocycles. The fraction of sp³-hybridized carbons (Fsp3) is 0.182. The minimum Gasteiger partial charge on any atom is -0.294 e. The van der Waals surface area contributed by atoms with Crippen molar-refractivity contribution in [3.8, 4) is 0 Å². The standard InChI is InChI=1S/C11H10ClFO/c1-7(2)11(14)6-8-3-4-9(12)10(13)5-8/h3-5H,1,6H2,2H3. The van der Waals surface area contributed by atoms with Crippen LogP contribution in [0.2, 0.25) is 5.02 Å². The maximum atomic E-state index is 13.0. The van der Waals surface area contributed by atoms with E-state index in [1.165, 1.54) is 12.1 Å². The van der Waals surface area contributed by atoms with Crippen LogP contribution < -0.4 is 0 Å². The Balaban J connectivity index is 2.83. The largest absolute Gasteiger partial charge is 0.294 e. The van der Waals surface area contributed by atoms with E-state index in [9.17, 15) is 9.18 Å². The normalized spacial score (nSPS) is 9.93. The number of benzene rings is 1. The average molecular weight is 213 g/mol. The molecule has 0 N–H and O–H groups in total. The first-order valence-electron chi connectivity index (χ1n) is 4.13. The highest BCUT2D eigenvalue weighted by Gasteiger charge is 2.06. The molecule has 0 aliphatic rings. The van der Waals surface area contributed by atoms with Gasteiger partial charge in [-0.15, -0.1) is 0 Å². The summed E-state index contributed by atoms with van der Waals surface area (Å²) in [5.41, 5.74) is 1.08. The van der Waals surface area contributed by atoms with Gasteiger partial charge in [-0.2, -0.15) is 0 Å². The second-order valence-electron chi connectivity index (χ2n) is 3.13. The molecular formula is C11H10ClFO. The van der Waals surface area contributed by atoms with Crippen molar-refractivity contribution in [2.45, 2.75) is 13.3 Å². The van der Waals surface area contributed by atoms with Gasteiger partial charge in [0.05, 0.1) is 5.02 Å². The zero-order valence-corrected chi connectivity index (χ0v) is 8.57. The predicted octanol–water partition coefficient (Wildman–Crippen LogP) is 3.17. The summed E-state index contributed by atoms with van der Waals surface area (Å²) >= 11 is 5.50. The molecule has 0 bridgehead atoms. The smallest absolute Gasteiger partial charge is 0.162 e. The third-order valence-corrected chi connectivity index (χ3v) is 2.13. The summed E-state index contributed by atoms with van der Waals surface area (Å²) in [5.74, 6) is -0.592. The number of hydrogen-bond donors (Lipinski definition) is 0. The van der Waals surface area contributed by atoms with E-state index >= 15 is 0 Å². The zero-order chi connectivity index (χ0) is 10.7. The van der Waals surface area contributed by atoms with E-state index in [1.54, 1.807) is 13.0 Å². The number of rotatable bonds is 3. The van der Waals surface area contributed by atoms with Crippen LogP contribution in [0.4, 0.5) is 4.39 Å². The quantitative estimate of drug-likeness (QED) is 0.704. The molecule has 0 heterocycles. The fourth-order valence-electron chi connectivity index (χ4n) is 0.986. The number of hydrogen-bond acceptors (Lipinski definition) is 1. The lowest BCUT2D eigenvalue weighted by Crippen LogP contribution is -2.03. The Morgan fingerprint density at radius 1 is 1.57 bits per heavy atom. The molecule has 0 saturated heterocycles. The number of ketones is 1. The van der Waals surface area contributed by atoms with Crippen LogP contribution in [0.5, 0.6) is 0 Å². The van der Waals surface area contributed by atoms with Crippen molar-refractivity contribution in [1.29, 1.82) is 0 Å². The first-order chi connectivity index (χ1) is 6.50. The molecule has 0 fully saturated rings. The van der Waals surface area contributed by atoms with Crippen molar-refractivity contribution in [1.82, 2.24) is 0 Å². The van der Waals surface area contributed by atoms with E-state index in [4.69, 9.17) is 11.6 Å². The van der Waals surface area contributed by atoms with E-state index in [2.05, 4.69) is 6.58 Å². The van der Waals surface area contributed by atoms with E-state index in [0.29, 0.717) is 11.1 Å². The SMILES string of the molecule is C=C(C)C(=O)Cc1ccc(Cl)c(F)c1. The van der Waals surface area contributed by atoms with Crippen molar-refractivity contribution in [3.63, 3.8) is 0 Å². The number of Topliss-reactive ketones (excluding diaryl/α,β-unsaturated/α-hetero) is 1. The lowest BCUT2D eigenvalue weighted by Gasteiger charge is -2.01. The molecule has 0 radical (unpaired) electrons. The minimum absolute atomic E-state index is 0.0662. The molecule has 0 spiro atoms. The van der Waals surface area contributed by atoms with E-state index in [1.807, 2.05) is 0 Å². The first kappa shape index (κ1) is 10.9. The predicted molar refractivity (Wildman–Crippen MR) is 54.9 cm³/mol. The number of allylic oxidation sites excluding steroid dienone is 1. The molecule has 1 rings (SSSR count). The van der Waals surface area contributed by atoms with E-state index in [0.717, 1.165) is 0 Å². The van der Waals surface area contributed by atoms with Crippen molar-refractivity contribution in [3.05, 3.63) is 46.8 Å². The second kappa shape index (κ2) is 4.38. The molecule has 1 nitrogen and oxygen atoms in total. The molecule has 0 saturated carbocycles. The molecule has 74 valence electrons. The van der Waals surface area contributed by atoms with Crippen LogP contribution in [0, 0.1) is 5.82 Å². The van der Waals surface area contributed by atoms with Crippen LogP contribution in [0.3, 0.4) is 0 Å². The van der Waals surface area contributed by atoms with Crippen LogP contribution in [-0.4, -0.2) is 5.78 Å². The van der Waals surface area contributed by atoms with Gasteiger partial charge < -0.3 is 0 Å². The number of halogens is 2. The van der Waals surface area contributed by atoms with E-state index in [-0.39, 0.29) is 17.2 Å². The summed E-state index contributed by atoms with van der Waals surface area (Å²) in [7, 11) is 0. The molecule has 0 aliphatic carbocycles. The van der Waals surface area contributed by atoms with Gasteiger partial charge in [-0.3, -0.25) is 4.79 Å². The Hall–Kier alpha value is -1.15. The summed E-state index contributed by atoms with van der Waals surface area (Å²) in [5, 5.41) is 0.0662. The van der Waals surface area contributed by atoms with Gasteiger partial charge in [-0.05, 0) is 30.2 Å². The molecule has 1 aromatic rings. The molecule has 0 aliphatic heterocycles. The van der Waals surface area contributed by atoms with Gasteiger partial charge in [0.2, 0.25) is 0 Å². The lowest BCUT2D eigenvalue weighted by molar-refractivity contribution is -0.114. The van der Waals surface area contributed by atoms with Gasteiger partial charge in [-0.1, -0.05) is 24.2 Å². The maximum Gasteiger partial charge on any atom is 0.162 e. The van der Waals surface area contributed by atoms with E-state index < -0.39 is 5.82 Å². The van der Waals surface area contributed by atoms with Crippen molar-refractivity contribution >= 4 is 17.4 Å². The topological polar surface area (TPSA) is 17.1 Å². The van der Waals surface area contributed by atoms with Gasteiger partial charge in [0.25, 0.3) is 0 Å². The Morgan fingerprint density at radius 3 is 2.71 bits per heavy atom. The zero-order valence-electron chi connectivity index (χ0n) is 7.81. The van der Waals surface area contributed by atoms with Gasteiger partial charge in [0.15, 0.2) is 5.78 Å². The number of carbonyl (C=O) groups is 1. The average Bonchev–Trinajstić information content (AvgIpc) is 2.11. The van der Waals surface area contributed by atoms with Crippen LogP contribution in [-0.2, 0) is 11.2 Å². The summed E-state index contributed by atoms with van der Waals surface area (Å²) in [6.07, 6.45) is 0.170. The highest BCUT2D eigenvalue weighted by Crippen LogP contribution is 2.16. The van der Waals surface area contributed by atoms with Crippen LogP contribution in [0.25, 0.3) is 0 Å². The molecule has 0 unspecified atom stereocenters. The summed E-state index contributed by atoms with van der Waals surface area (Å²) in [6, 6.07) is 4.34. The second-order valence-corrected chi connectivity index (χ2v) is 3.54. The van der Waals surface area contributed by atoms with Crippen LogP contribution in [0.15, 0.2) is 30.4 Å². The van der Waals surface area contributed by atoms with Crippen molar-refractivity contribution in [2.75, 3.05) is 0 Å². The summed E-state index contributed by atoms with van der Waals surface area (Å²) < 4.78 is 13.0. The van der Waals surface area contributed by atoms with Gasteiger partial charge in [0.1, 0.15) is 5.82 Å². The summed E-state index contributed by atoms with van der Waals surface area (Å²) in [6.45, 7) is 5.16. The minimum atomic E-state index is -0.501. The van der Waals surface area contributed by atoms with Crippen molar-refractivity contribution < 1.29 is 9.18 Å². The molecule has 0 atom stereocenters. The fourth-order valence-corrected chi connectivity index (χ4v) is 1.10. The Labute approximate surface area is 87.2 Å². The molecular weight excluding hydrogens is 203 g/mol. The Bertz CT molecular complexity index is 385. The highest BCUT2D eigenvalue weighted by atomic mass is 35.5.